The Kier molecular flexibility index (Phi) is 4.64. The number of halogens is 2. The molecule has 154 valence electrons. The van der Waals surface area contributed by atoms with Crippen molar-refractivity contribution < 1.29 is 23.5 Å². The number of Topliss-reactive ketones (excluding diaryl/α,β-unsaturated/α-hetero) is 1. The molecule has 4 aromatic rings. The topological polar surface area (TPSA) is 70.5 Å². The van der Waals surface area contributed by atoms with Crippen molar-refractivity contribution in [1.82, 2.24) is 4.98 Å². The minimum atomic E-state index is -0.907. The van der Waals surface area contributed by atoms with Crippen molar-refractivity contribution in [2.75, 3.05) is 4.90 Å². The molecule has 1 N–H and O–H groups in total. The Morgan fingerprint density at radius 1 is 1.03 bits per heavy atom. The van der Waals surface area contributed by atoms with Crippen LogP contribution in [0.2, 0.25) is 0 Å². The molecule has 0 radical (unpaired) electrons. The Morgan fingerprint density at radius 3 is 2.48 bits per heavy atom. The van der Waals surface area contributed by atoms with E-state index in [1.165, 1.54) is 46.6 Å². The van der Waals surface area contributed by atoms with Gasteiger partial charge in [-0.25, -0.2) is 13.8 Å². The van der Waals surface area contributed by atoms with Crippen molar-refractivity contribution in [2.24, 2.45) is 0 Å². The third-order valence-electron chi connectivity index (χ3n) is 4.92. The number of hydrogen-bond acceptors (Lipinski definition) is 6. The van der Waals surface area contributed by atoms with Crippen LogP contribution < -0.4 is 4.90 Å². The molecule has 5 rings (SSSR count). The van der Waals surface area contributed by atoms with Crippen molar-refractivity contribution in [3.05, 3.63) is 87.6 Å². The fourth-order valence-corrected chi connectivity index (χ4v) is 5.34. The number of aromatic nitrogens is 1. The lowest BCUT2D eigenvalue weighted by molar-refractivity contribution is -0.132. The summed E-state index contributed by atoms with van der Waals surface area (Å²) in [5, 5.41) is 12.9. The smallest absolute Gasteiger partial charge is 0.301 e. The Morgan fingerprint density at radius 2 is 1.77 bits per heavy atom. The third-order valence-corrected chi connectivity index (χ3v) is 6.86. The average Bonchev–Trinajstić information content (AvgIpc) is 3.47. The summed E-state index contributed by atoms with van der Waals surface area (Å²) >= 11 is 2.40. The van der Waals surface area contributed by atoms with Crippen molar-refractivity contribution in [3.63, 3.8) is 0 Å². The van der Waals surface area contributed by atoms with Crippen molar-refractivity contribution in [3.8, 4) is 0 Å². The van der Waals surface area contributed by atoms with E-state index in [0.717, 1.165) is 23.5 Å². The highest BCUT2D eigenvalue weighted by Crippen LogP contribution is 2.45. The molecule has 0 aliphatic carbocycles. The highest BCUT2D eigenvalue weighted by molar-refractivity contribution is 7.22. The van der Waals surface area contributed by atoms with E-state index < -0.39 is 35.1 Å². The molecule has 0 saturated carbocycles. The fourth-order valence-electron chi connectivity index (χ4n) is 3.50. The van der Waals surface area contributed by atoms with Crippen LogP contribution in [0.25, 0.3) is 16.0 Å². The van der Waals surface area contributed by atoms with Crippen LogP contribution in [0.15, 0.2) is 65.6 Å². The molecule has 0 bridgehead atoms. The molecule has 2 aromatic heterocycles. The van der Waals surface area contributed by atoms with Crippen molar-refractivity contribution >= 4 is 55.5 Å². The predicted molar refractivity (Wildman–Crippen MR) is 115 cm³/mol. The van der Waals surface area contributed by atoms with Crippen LogP contribution >= 0.6 is 22.7 Å². The molecule has 5 nitrogen and oxygen atoms in total. The zero-order valence-corrected chi connectivity index (χ0v) is 17.2. The molecular weight excluding hydrogens is 442 g/mol. The number of aliphatic hydroxyl groups is 1. The van der Waals surface area contributed by atoms with Crippen LogP contribution in [0.1, 0.15) is 16.5 Å². The normalized spacial score (nSPS) is 18.3. The van der Waals surface area contributed by atoms with Crippen LogP contribution in [0, 0.1) is 11.6 Å². The summed E-state index contributed by atoms with van der Waals surface area (Å²) in [4.78, 5) is 32.3. The predicted octanol–water partition coefficient (Wildman–Crippen LogP) is 5.26. The van der Waals surface area contributed by atoms with E-state index >= 15 is 0 Å². The summed E-state index contributed by atoms with van der Waals surface area (Å²) in [6, 6.07) is 11.7. The number of carbonyl (C=O) groups is 2. The van der Waals surface area contributed by atoms with Gasteiger partial charge in [-0.15, -0.1) is 11.3 Å². The van der Waals surface area contributed by atoms with Gasteiger partial charge in [0.05, 0.1) is 15.8 Å². The van der Waals surface area contributed by atoms with Crippen LogP contribution in [-0.2, 0) is 9.59 Å². The molecule has 31 heavy (non-hydrogen) atoms. The monoisotopic (exact) mass is 454 g/mol. The zero-order valence-electron chi connectivity index (χ0n) is 15.6. The first kappa shape index (κ1) is 19.5. The number of nitrogens with zero attached hydrogens (tertiary/aromatic N) is 2. The second kappa shape index (κ2) is 7.36. The van der Waals surface area contributed by atoms with E-state index in [2.05, 4.69) is 4.98 Å². The highest BCUT2D eigenvalue weighted by atomic mass is 32.1. The highest BCUT2D eigenvalue weighted by Gasteiger charge is 2.48. The van der Waals surface area contributed by atoms with E-state index in [-0.39, 0.29) is 16.3 Å². The lowest BCUT2D eigenvalue weighted by Gasteiger charge is -2.21. The van der Waals surface area contributed by atoms with Gasteiger partial charge in [-0.05, 0) is 53.9 Å². The Balaban J connectivity index is 1.71. The average molecular weight is 454 g/mol. The first-order valence-corrected chi connectivity index (χ1v) is 10.8. The van der Waals surface area contributed by atoms with E-state index in [0.29, 0.717) is 15.1 Å². The molecule has 0 spiro atoms. The summed E-state index contributed by atoms with van der Waals surface area (Å²) < 4.78 is 27.5. The molecular formula is C22H12F2N2O3S2. The summed E-state index contributed by atoms with van der Waals surface area (Å²) in [6.45, 7) is 0. The number of hydrogen-bond donors (Lipinski definition) is 1. The maximum atomic E-state index is 13.6. The Bertz CT molecular complexity index is 1360. The van der Waals surface area contributed by atoms with Gasteiger partial charge in [0.2, 0.25) is 0 Å². The van der Waals surface area contributed by atoms with Crippen LogP contribution in [0.4, 0.5) is 13.9 Å². The SMILES string of the molecule is O=C1C(=O)N(c2nc3ccc(F)cc3s2)C(c2cccs2)C1=C(O)c1ccc(F)cc1. The lowest BCUT2D eigenvalue weighted by Crippen LogP contribution is -2.28. The molecule has 1 aliphatic rings. The first-order chi connectivity index (χ1) is 14.9. The largest absolute Gasteiger partial charge is 0.507 e. The number of anilines is 1. The maximum absolute atomic E-state index is 13.6. The quantitative estimate of drug-likeness (QED) is 0.260. The first-order valence-electron chi connectivity index (χ1n) is 9.10. The number of aliphatic hydroxyl groups excluding tert-OH is 1. The molecule has 1 aliphatic heterocycles. The van der Waals surface area contributed by atoms with Gasteiger partial charge in [-0.1, -0.05) is 17.4 Å². The van der Waals surface area contributed by atoms with E-state index in [1.807, 2.05) is 0 Å². The summed E-state index contributed by atoms with van der Waals surface area (Å²) in [5.74, 6) is -3.04. The van der Waals surface area contributed by atoms with Gasteiger partial charge in [0.1, 0.15) is 23.4 Å². The summed E-state index contributed by atoms with van der Waals surface area (Å²) in [5.41, 5.74) is 0.601. The van der Waals surface area contributed by atoms with Crippen molar-refractivity contribution in [1.29, 1.82) is 0 Å². The van der Waals surface area contributed by atoms with Gasteiger partial charge in [0.15, 0.2) is 5.13 Å². The van der Waals surface area contributed by atoms with Gasteiger partial charge >= 0.3 is 5.91 Å². The number of carbonyl (C=O) groups excluding carboxylic acids is 2. The number of thiazole rings is 1. The number of ketones is 1. The number of fused-ring (bicyclic) bond motifs is 1. The summed E-state index contributed by atoms with van der Waals surface area (Å²) in [6.07, 6.45) is 0. The van der Waals surface area contributed by atoms with Crippen molar-refractivity contribution in [2.45, 2.75) is 6.04 Å². The minimum absolute atomic E-state index is 0.107. The lowest BCUT2D eigenvalue weighted by atomic mass is 10.00. The molecule has 1 saturated heterocycles. The molecule has 3 heterocycles. The van der Waals surface area contributed by atoms with Crippen LogP contribution in [-0.4, -0.2) is 21.8 Å². The van der Waals surface area contributed by atoms with Gasteiger partial charge in [-0.3, -0.25) is 14.5 Å². The van der Waals surface area contributed by atoms with Gasteiger partial charge in [-0.2, -0.15) is 0 Å². The van der Waals surface area contributed by atoms with E-state index in [9.17, 15) is 23.5 Å². The van der Waals surface area contributed by atoms with Crippen LogP contribution in [0.3, 0.4) is 0 Å². The van der Waals surface area contributed by atoms with Crippen LogP contribution in [0.5, 0.6) is 0 Å². The van der Waals surface area contributed by atoms with E-state index in [4.69, 9.17) is 0 Å². The molecule has 1 fully saturated rings. The maximum Gasteiger partial charge on any atom is 0.301 e. The Hall–Kier alpha value is -3.43. The molecule has 2 aromatic carbocycles. The Labute approximate surface area is 182 Å². The van der Waals surface area contributed by atoms with Gasteiger partial charge in [0, 0.05) is 10.4 Å². The second-order valence-corrected chi connectivity index (χ2v) is 8.79. The molecule has 1 unspecified atom stereocenters. The fraction of sp³-hybridized carbons (Fsp3) is 0.0455. The number of amides is 1. The van der Waals surface area contributed by atoms with Gasteiger partial charge < -0.3 is 5.11 Å². The molecule has 1 atom stereocenters. The minimum Gasteiger partial charge on any atom is -0.507 e. The van der Waals surface area contributed by atoms with Gasteiger partial charge in [0.25, 0.3) is 5.78 Å². The zero-order chi connectivity index (χ0) is 21.7. The number of rotatable bonds is 3. The summed E-state index contributed by atoms with van der Waals surface area (Å²) in [7, 11) is 0. The third kappa shape index (κ3) is 3.22. The standard InChI is InChI=1S/C22H12F2N2O3S2/c23-12-5-3-11(4-6-12)19(27)17-18(15-2-1-9-30-15)26(21(29)20(17)28)22-25-14-8-7-13(24)10-16(14)31-22/h1-10,18,27H. The van der Waals surface area contributed by atoms with E-state index in [1.54, 1.807) is 17.5 Å². The molecule has 1 amide bonds. The number of benzene rings is 2. The number of thiophene rings is 1. The molecule has 9 heteroatoms. The second-order valence-electron chi connectivity index (χ2n) is 6.80.